The second-order valence-corrected chi connectivity index (χ2v) is 9.81. The van der Waals surface area contributed by atoms with Gasteiger partial charge in [-0.15, -0.1) is 0 Å². The quantitative estimate of drug-likeness (QED) is 0.417. The number of carbonyl (C=O) groups is 1. The number of nitrogens with zero attached hydrogens (tertiary/aromatic N) is 3. The van der Waals surface area contributed by atoms with Gasteiger partial charge in [0, 0.05) is 24.1 Å². The van der Waals surface area contributed by atoms with Crippen molar-refractivity contribution in [2.75, 3.05) is 7.11 Å². The number of hydrogen-bond acceptors (Lipinski definition) is 7. The first-order valence-electron chi connectivity index (χ1n) is 9.58. The number of methoxy groups -OCH3 is 1. The van der Waals surface area contributed by atoms with Gasteiger partial charge in [0.05, 0.1) is 18.1 Å². The topological polar surface area (TPSA) is 125 Å². The van der Waals surface area contributed by atoms with Gasteiger partial charge in [-0.25, -0.2) is 17.9 Å². The van der Waals surface area contributed by atoms with Gasteiger partial charge in [0.1, 0.15) is 27.7 Å². The van der Waals surface area contributed by atoms with Gasteiger partial charge in [-0.1, -0.05) is 17.3 Å². The Kier molecular flexibility index (Phi) is 5.66. The summed E-state index contributed by atoms with van der Waals surface area (Å²) in [6.45, 7) is 1.51. The molecule has 10 nitrogen and oxygen atoms in total. The van der Waals surface area contributed by atoms with Gasteiger partial charge in [-0.3, -0.25) is 13.9 Å². The molecule has 0 fully saturated rings. The number of nitrogens with one attached hydrogen (secondary N) is 1. The lowest BCUT2D eigenvalue weighted by Crippen LogP contribution is -2.31. The zero-order valence-corrected chi connectivity index (χ0v) is 20.4. The summed E-state index contributed by atoms with van der Waals surface area (Å²) in [5, 5.41) is 3.93. The highest BCUT2D eigenvalue weighted by Crippen LogP contribution is 2.30. The van der Waals surface area contributed by atoms with Gasteiger partial charge >= 0.3 is 5.69 Å². The highest BCUT2D eigenvalue weighted by atomic mass is 79.9. The molecular weight excluding hydrogens is 516 g/mol. The first-order valence-corrected chi connectivity index (χ1v) is 11.9. The molecule has 0 saturated carbocycles. The molecule has 4 rings (SSSR count). The van der Waals surface area contributed by atoms with E-state index in [9.17, 15) is 18.0 Å². The number of ether oxygens (including phenoxy) is 1. The maximum Gasteiger partial charge on any atom is 0.328 e. The number of aryl methyl sites for hydroxylation is 3. The van der Waals surface area contributed by atoms with Crippen LogP contribution in [0.15, 0.2) is 55.1 Å². The van der Waals surface area contributed by atoms with Crippen molar-refractivity contribution in [2.24, 2.45) is 14.1 Å². The molecule has 33 heavy (non-hydrogen) atoms. The number of halogens is 1. The summed E-state index contributed by atoms with van der Waals surface area (Å²) in [6, 6.07) is 9.65. The van der Waals surface area contributed by atoms with Crippen LogP contribution in [0.25, 0.3) is 22.3 Å². The fourth-order valence-electron chi connectivity index (χ4n) is 3.54. The van der Waals surface area contributed by atoms with Crippen LogP contribution >= 0.6 is 15.9 Å². The SMILES string of the molecule is COc1cccc(-c2noc(C)c2C(=O)NS(=O)(=O)c2cc3c(cc2Br)n(C)c(=O)n3C)c1. The van der Waals surface area contributed by atoms with Gasteiger partial charge in [-0.2, -0.15) is 0 Å². The number of aromatic nitrogens is 3. The van der Waals surface area contributed by atoms with E-state index < -0.39 is 15.9 Å². The third-order valence-electron chi connectivity index (χ3n) is 5.28. The molecule has 0 spiro atoms. The molecule has 0 aliphatic rings. The van der Waals surface area contributed by atoms with E-state index in [4.69, 9.17) is 9.26 Å². The van der Waals surface area contributed by atoms with Crippen molar-refractivity contribution < 1.29 is 22.5 Å². The zero-order chi connectivity index (χ0) is 24.1. The van der Waals surface area contributed by atoms with E-state index in [-0.39, 0.29) is 32.1 Å². The molecule has 0 unspecified atom stereocenters. The van der Waals surface area contributed by atoms with Gasteiger partial charge in [0.2, 0.25) is 0 Å². The molecule has 4 aromatic rings. The van der Waals surface area contributed by atoms with Crippen LogP contribution in [0, 0.1) is 6.92 Å². The van der Waals surface area contributed by atoms with E-state index >= 15 is 0 Å². The van der Waals surface area contributed by atoms with E-state index in [2.05, 4.69) is 25.8 Å². The fraction of sp³-hybridized carbons (Fsp3) is 0.190. The number of hydrogen-bond donors (Lipinski definition) is 1. The van der Waals surface area contributed by atoms with Gasteiger partial charge < -0.3 is 9.26 Å². The van der Waals surface area contributed by atoms with Crippen LogP contribution in [0.5, 0.6) is 5.75 Å². The van der Waals surface area contributed by atoms with Gasteiger partial charge in [0.15, 0.2) is 0 Å². The summed E-state index contributed by atoms with van der Waals surface area (Å²) >= 11 is 3.24. The minimum atomic E-state index is -4.32. The minimum Gasteiger partial charge on any atom is -0.497 e. The second-order valence-electron chi connectivity index (χ2n) is 7.30. The van der Waals surface area contributed by atoms with E-state index in [1.165, 1.54) is 42.3 Å². The second kappa shape index (κ2) is 8.19. The lowest BCUT2D eigenvalue weighted by molar-refractivity contribution is 0.0980. The van der Waals surface area contributed by atoms with Crippen molar-refractivity contribution in [1.29, 1.82) is 0 Å². The number of carbonyl (C=O) groups excluding carboxylic acids is 1. The summed E-state index contributed by atoms with van der Waals surface area (Å²) in [5.41, 5.74) is 1.32. The van der Waals surface area contributed by atoms with Crippen molar-refractivity contribution >= 4 is 42.9 Å². The molecule has 0 saturated heterocycles. The minimum absolute atomic E-state index is 0.0175. The summed E-state index contributed by atoms with van der Waals surface area (Å²) in [4.78, 5) is 25.1. The first-order chi connectivity index (χ1) is 15.5. The third-order valence-corrected chi connectivity index (χ3v) is 7.56. The highest BCUT2D eigenvalue weighted by Gasteiger charge is 2.28. The van der Waals surface area contributed by atoms with E-state index in [1.54, 1.807) is 31.3 Å². The lowest BCUT2D eigenvalue weighted by Gasteiger charge is -2.10. The summed E-state index contributed by atoms with van der Waals surface area (Å²) in [7, 11) is 0.304. The molecule has 172 valence electrons. The van der Waals surface area contributed by atoms with Crippen LogP contribution in [-0.4, -0.2) is 35.7 Å². The lowest BCUT2D eigenvalue weighted by atomic mass is 10.1. The van der Waals surface area contributed by atoms with Crippen molar-refractivity contribution in [3.8, 4) is 17.0 Å². The Labute approximate surface area is 196 Å². The molecule has 0 bridgehead atoms. The average molecular weight is 535 g/mol. The zero-order valence-electron chi connectivity index (χ0n) is 18.0. The van der Waals surface area contributed by atoms with Gasteiger partial charge in [0.25, 0.3) is 15.9 Å². The third kappa shape index (κ3) is 3.85. The van der Waals surface area contributed by atoms with Crippen molar-refractivity contribution in [3.63, 3.8) is 0 Å². The molecule has 0 aliphatic carbocycles. The van der Waals surface area contributed by atoms with Crippen molar-refractivity contribution in [3.05, 3.63) is 62.7 Å². The molecule has 0 aliphatic heterocycles. The number of rotatable bonds is 5. The summed E-state index contributed by atoms with van der Waals surface area (Å²) < 4.78 is 41.7. The van der Waals surface area contributed by atoms with Crippen LogP contribution in [0.1, 0.15) is 16.1 Å². The average Bonchev–Trinajstić information content (AvgIpc) is 3.26. The first kappa shape index (κ1) is 22.8. The normalized spacial score (nSPS) is 11.7. The Bertz CT molecular complexity index is 1580. The van der Waals surface area contributed by atoms with Crippen molar-refractivity contribution in [1.82, 2.24) is 19.0 Å². The highest BCUT2D eigenvalue weighted by molar-refractivity contribution is 9.10. The number of imidazole rings is 1. The maximum absolute atomic E-state index is 13.1. The fourth-order valence-corrected chi connectivity index (χ4v) is 5.55. The largest absolute Gasteiger partial charge is 0.497 e. The Balaban J connectivity index is 1.75. The number of amides is 1. The van der Waals surface area contributed by atoms with Crippen molar-refractivity contribution in [2.45, 2.75) is 11.8 Å². The van der Waals surface area contributed by atoms with Crippen LogP contribution in [0.2, 0.25) is 0 Å². The molecule has 2 aromatic heterocycles. The predicted molar refractivity (Wildman–Crippen MR) is 124 cm³/mol. The Morgan fingerprint density at radius 3 is 2.48 bits per heavy atom. The van der Waals surface area contributed by atoms with E-state index in [0.29, 0.717) is 22.3 Å². The molecule has 0 radical (unpaired) electrons. The Hall–Kier alpha value is -3.38. The molecule has 0 atom stereocenters. The molecule has 1 N–H and O–H groups in total. The Morgan fingerprint density at radius 2 is 1.82 bits per heavy atom. The van der Waals surface area contributed by atoms with Crippen LogP contribution in [-0.2, 0) is 24.1 Å². The van der Waals surface area contributed by atoms with Gasteiger partial charge in [-0.05, 0) is 47.1 Å². The predicted octanol–water partition coefficient (Wildman–Crippen LogP) is 2.73. The van der Waals surface area contributed by atoms with Crippen LogP contribution in [0.4, 0.5) is 0 Å². The standard InChI is InChI=1S/C21H19BrN4O6S/c1-11-18(19(23-32-11)12-6-5-7-13(8-12)31-4)20(27)24-33(29,30)17-10-16-15(9-14(17)22)25(2)21(28)26(16)3/h5-10H,1-4H3,(H,24,27). The molecule has 2 aromatic carbocycles. The molecular formula is C21H19BrN4O6S. The molecule has 1 amide bonds. The smallest absolute Gasteiger partial charge is 0.328 e. The van der Waals surface area contributed by atoms with Crippen LogP contribution < -0.4 is 15.1 Å². The monoisotopic (exact) mass is 534 g/mol. The summed E-state index contributed by atoms with van der Waals surface area (Å²) in [5.74, 6) is -0.209. The van der Waals surface area contributed by atoms with E-state index in [1.807, 2.05) is 0 Å². The number of sulfonamides is 1. The Morgan fingerprint density at radius 1 is 1.15 bits per heavy atom. The number of fused-ring (bicyclic) bond motifs is 1. The number of benzene rings is 2. The maximum atomic E-state index is 13.1. The summed E-state index contributed by atoms with van der Waals surface area (Å²) in [6.07, 6.45) is 0. The van der Waals surface area contributed by atoms with E-state index in [0.717, 1.165) is 0 Å². The molecule has 2 heterocycles. The molecule has 12 heteroatoms. The van der Waals surface area contributed by atoms with Crippen LogP contribution in [0.3, 0.4) is 0 Å².